The number of hydrogen-bond acceptors (Lipinski definition) is 4. The smallest absolute Gasteiger partial charge is 0.335 e. The van der Waals surface area contributed by atoms with Crippen molar-refractivity contribution in [3.8, 4) is 5.75 Å². The monoisotopic (exact) mass is 270 g/mol. The Morgan fingerprint density at radius 1 is 1.25 bits per heavy atom. The molecule has 5 nitrogen and oxygen atoms in total. The fourth-order valence-corrected chi connectivity index (χ4v) is 1.59. The van der Waals surface area contributed by atoms with E-state index in [9.17, 15) is 4.79 Å². The Morgan fingerprint density at radius 3 is 2.65 bits per heavy atom. The predicted molar refractivity (Wildman–Crippen MR) is 77.6 cm³/mol. The molecule has 0 radical (unpaired) electrons. The van der Waals surface area contributed by atoms with Crippen molar-refractivity contribution in [2.45, 2.75) is 0 Å². The van der Waals surface area contributed by atoms with E-state index in [4.69, 9.17) is 9.84 Å². The van der Waals surface area contributed by atoms with Crippen molar-refractivity contribution in [3.05, 3.63) is 59.7 Å². The van der Waals surface area contributed by atoms with Crippen LogP contribution in [0.4, 0.5) is 5.69 Å². The zero-order valence-corrected chi connectivity index (χ0v) is 10.9. The van der Waals surface area contributed by atoms with Crippen molar-refractivity contribution in [2.75, 3.05) is 12.5 Å². The number of anilines is 1. The Kier molecular flexibility index (Phi) is 4.34. The average molecular weight is 270 g/mol. The van der Waals surface area contributed by atoms with Crippen LogP contribution in [-0.4, -0.2) is 24.4 Å². The molecule has 2 rings (SSSR count). The molecule has 102 valence electrons. The molecule has 0 fully saturated rings. The van der Waals surface area contributed by atoms with Crippen LogP contribution in [0.2, 0.25) is 0 Å². The second-order valence-electron chi connectivity index (χ2n) is 4.03. The molecule has 0 heterocycles. The number of carbonyl (C=O) groups is 1. The van der Waals surface area contributed by atoms with E-state index in [1.807, 2.05) is 24.3 Å². The van der Waals surface area contributed by atoms with Crippen LogP contribution in [0.25, 0.3) is 0 Å². The van der Waals surface area contributed by atoms with Gasteiger partial charge < -0.3 is 9.84 Å². The van der Waals surface area contributed by atoms with Crippen LogP contribution in [0.3, 0.4) is 0 Å². The van der Waals surface area contributed by atoms with Crippen LogP contribution in [-0.2, 0) is 0 Å². The highest BCUT2D eigenvalue weighted by molar-refractivity contribution is 5.88. The van der Waals surface area contributed by atoms with Crippen molar-refractivity contribution in [2.24, 2.45) is 5.10 Å². The summed E-state index contributed by atoms with van der Waals surface area (Å²) >= 11 is 0. The third-order valence-corrected chi connectivity index (χ3v) is 2.63. The Labute approximate surface area is 116 Å². The van der Waals surface area contributed by atoms with Gasteiger partial charge in [0.2, 0.25) is 0 Å². The van der Waals surface area contributed by atoms with E-state index in [-0.39, 0.29) is 5.56 Å². The Balaban J connectivity index is 2.00. The summed E-state index contributed by atoms with van der Waals surface area (Å²) in [7, 11) is 1.61. The summed E-state index contributed by atoms with van der Waals surface area (Å²) in [6, 6.07) is 13.9. The molecule has 0 aromatic heterocycles. The topological polar surface area (TPSA) is 70.9 Å². The van der Waals surface area contributed by atoms with Crippen molar-refractivity contribution in [1.82, 2.24) is 0 Å². The van der Waals surface area contributed by atoms with E-state index >= 15 is 0 Å². The van der Waals surface area contributed by atoms with Gasteiger partial charge in [-0.15, -0.1) is 0 Å². The second kappa shape index (κ2) is 6.38. The summed E-state index contributed by atoms with van der Waals surface area (Å²) in [5.41, 5.74) is 4.69. The third kappa shape index (κ3) is 3.58. The number of aromatic carboxylic acids is 1. The maximum atomic E-state index is 10.7. The summed E-state index contributed by atoms with van der Waals surface area (Å²) in [4.78, 5) is 10.7. The van der Waals surface area contributed by atoms with Crippen molar-refractivity contribution in [3.63, 3.8) is 0 Å². The largest absolute Gasteiger partial charge is 0.497 e. The maximum Gasteiger partial charge on any atom is 0.335 e. The molecular formula is C15H14N2O3. The molecule has 0 saturated carbocycles. The van der Waals surface area contributed by atoms with Crippen molar-refractivity contribution < 1.29 is 14.6 Å². The van der Waals surface area contributed by atoms with E-state index in [1.54, 1.807) is 25.5 Å². The van der Waals surface area contributed by atoms with Gasteiger partial charge in [-0.2, -0.15) is 5.10 Å². The quantitative estimate of drug-likeness (QED) is 0.647. The highest BCUT2D eigenvalue weighted by Gasteiger charge is 2.00. The zero-order chi connectivity index (χ0) is 14.4. The number of carboxylic acids is 1. The van der Waals surface area contributed by atoms with Crippen LogP contribution >= 0.6 is 0 Å². The van der Waals surface area contributed by atoms with Gasteiger partial charge in [0, 0.05) is 0 Å². The summed E-state index contributed by atoms with van der Waals surface area (Å²) in [6.45, 7) is 0. The van der Waals surface area contributed by atoms with Gasteiger partial charge >= 0.3 is 5.97 Å². The van der Waals surface area contributed by atoms with E-state index in [2.05, 4.69) is 10.5 Å². The van der Waals surface area contributed by atoms with E-state index in [0.717, 1.165) is 11.3 Å². The number of methoxy groups -OCH3 is 1. The normalized spacial score (nSPS) is 10.4. The first-order chi connectivity index (χ1) is 9.69. The third-order valence-electron chi connectivity index (χ3n) is 2.63. The van der Waals surface area contributed by atoms with Crippen molar-refractivity contribution >= 4 is 17.9 Å². The molecule has 0 aliphatic carbocycles. The van der Waals surface area contributed by atoms with Gasteiger partial charge in [0.15, 0.2) is 0 Å². The summed E-state index contributed by atoms with van der Waals surface area (Å²) < 4.78 is 5.12. The minimum absolute atomic E-state index is 0.243. The molecule has 20 heavy (non-hydrogen) atoms. The Morgan fingerprint density at radius 2 is 2.00 bits per heavy atom. The first-order valence-electron chi connectivity index (χ1n) is 5.95. The van der Waals surface area contributed by atoms with Crippen molar-refractivity contribution in [1.29, 1.82) is 0 Å². The minimum Gasteiger partial charge on any atom is -0.497 e. The van der Waals surface area contributed by atoms with Crippen LogP contribution in [0.1, 0.15) is 15.9 Å². The van der Waals surface area contributed by atoms with Gasteiger partial charge in [-0.25, -0.2) is 4.79 Å². The number of carboxylic acid groups (broad SMARTS) is 1. The molecular weight excluding hydrogens is 256 g/mol. The summed E-state index contributed by atoms with van der Waals surface area (Å²) in [5, 5.41) is 12.9. The van der Waals surface area contributed by atoms with Crippen LogP contribution in [0.5, 0.6) is 5.75 Å². The number of nitrogens with one attached hydrogen (secondary N) is 1. The molecule has 2 aromatic carbocycles. The van der Waals surface area contributed by atoms with Crippen LogP contribution in [0.15, 0.2) is 53.6 Å². The lowest BCUT2D eigenvalue weighted by molar-refractivity contribution is 0.0697. The predicted octanol–water partition coefficient (Wildman–Crippen LogP) is 2.84. The first kappa shape index (κ1) is 13.6. The van der Waals surface area contributed by atoms with E-state index in [0.29, 0.717) is 5.69 Å². The van der Waals surface area contributed by atoms with Gasteiger partial charge in [-0.3, -0.25) is 5.43 Å². The fraction of sp³-hybridized carbons (Fsp3) is 0.0667. The highest BCUT2D eigenvalue weighted by atomic mass is 16.5. The first-order valence-corrected chi connectivity index (χ1v) is 5.95. The molecule has 0 spiro atoms. The number of hydrogen-bond donors (Lipinski definition) is 2. The molecule has 0 unspecified atom stereocenters. The van der Waals surface area contributed by atoms with E-state index < -0.39 is 5.97 Å². The number of nitrogens with zero attached hydrogens (tertiary/aromatic N) is 1. The molecule has 0 amide bonds. The SMILES string of the molecule is COc1cccc(/C=N\Nc2ccc(C(=O)O)cc2)c1. The molecule has 0 bridgehead atoms. The van der Waals surface area contributed by atoms with Gasteiger partial charge in [0.1, 0.15) is 5.75 Å². The zero-order valence-electron chi connectivity index (χ0n) is 10.9. The average Bonchev–Trinajstić information content (AvgIpc) is 2.48. The number of benzene rings is 2. The van der Waals surface area contributed by atoms with Gasteiger partial charge in [-0.05, 0) is 42.0 Å². The fourth-order valence-electron chi connectivity index (χ4n) is 1.59. The van der Waals surface area contributed by atoms with Gasteiger partial charge in [-0.1, -0.05) is 12.1 Å². The molecule has 2 N–H and O–H groups in total. The molecule has 0 atom stereocenters. The van der Waals surface area contributed by atoms with Crippen LogP contribution in [0, 0.1) is 0 Å². The minimum atomic E-state index is -0.948. The highest BCUT2D eigenvalue weighted by Crippen LogP contribution is 2.12. The van der Waals surface area contributed by atoms with Gasteiger partial charge in [0.05, 0.1) is 24.6 Å². The molecule has 0 aliphatic heterocycles. The summed E-state index contributed by atoms with van der Waals surface area (Å²) in [6.07, 6.45) is 1.66. The lowest BCUT2D eigenvalue weighted by Gasteiger charge is -2.02. The number of rotatable bonds is 5. The standard InChI is InChI=1S/C15H14N2O3/c1-20-14-4-2-3-11(9-14)10-16-17-13-7-5-12(6-8-13)15(18)19/h2-10,17H,1H3,(H,18,19)/b16-10-. The molecule has 0 saturated heterocycles. The van der Waals surface area contributed by atoms with Crippen LogP contribution < -0.4 is 10.2 Å². The Bertz CT molecular complexity index is 621. The molecule has 5 heteroatoms. The number of ether oxygens (including phenoxy) is 1. The second-order valence-corrected chi connectivity index (χ2v) is 4.03. The number of hydrazone groups is 1. The van der Waals surface area contributed by atoms with E-state index in [1.165, 1.54) is 12.1 Å². The lowest BCUT2D eigenvalue weighted by atomic mass is 10.2. The molecule has 0 aliphatic rings. The summed E-state index contributed by atoms with van der Waals surface area (Å²) in [5.74, 6) is -0.184. The lowest BCUT2D eigenvalue weighted by Crippen LogP contribution is -1.96. The maximum absolute atomic E-state index is 10.7. The molecule has 2 aromatic rings. The Hall–Kier alpha value is -2.82. The van der Waals surface area contributed by atoms with Gasteiger partial charge in [0.25, 0.3) is 0 Å².